The molecule has 0 spiro atoms. The van der Waals surface area contributed by atoms with Gasteiger partial charge in [0.1, 0.15) is 29.0 Å². The molecule has 2 aliphatic heterocycles. The molecule has 1 N–H and O–H groups in total. The number of fused-ring (bicyclic) bond motifs is 1. The maximum atomic E-state index is 16.1. The molecule has 2 saturated heterocycles. The number of hydrogen-bond donors (Lipinski definition) is 1. The summed E-state index contributed by atoms with van der Waals surface area (Å²) in [6.45, 7) is 10.8. The molecule has 1 amide bonds. The highest BCUT2D eigenvalue weighted by Gasteiger charge is 2.32. The maximum Gasteiger partial charge on any atom is 0.319 e. The molecule has 8 nitrogen and oxygen atoms in total. The SMILES string of the molecule is C=CC(=O)N1CCN(c2nc(OC3CN(C(C)C)C3)nc3c(F)c(-c4c(O)cccc4F)c(Cl)cc23)CC1. The van der Waals surface area contributed by atoms with Crippen LogP contribution < -0.4 is 9.64 Å². The van der Waals surface area contributed by atoms with Gasteiger partial charge in [0.2, 0.25) is 5.91 Å². The number of carbonyl (C=O) groups excluding carboxylic acids is 1. The van der Waals surface area contributed by atoms with Crippen molar-refractivity contribution >= 4 is 34.2 Å². The summed E-state index contributed by atoms with van der Waals surface area (Å²) in [5.74, 6) is -1.91. The number of carbonyl (C=O) groups is 1. The summed E-state index contributed by atoms with van der Waals surface area (Å²) in [5.41, 5.74) is -0.735. The first-order valence-electron chi connectivity index (χ1n) is 12.4. The van der Waals surface area contributed by atoms with Gasteiger partial charge in [0.25, 0.3) is 0 Å². The Labute approximate surface area is 224 Å². The molecule has 0 bridgehead atoms. The number of benzene rings is 2. The number of phenols is 1. The van der Waals surface area contributed by atoms with Crippen molar-refractivity contribution in [2.75, 3.05) is 44.2 Å². The Balaban J connectivity index is 1.59. The van der Waals surface area contributed by atoms with Gasteiger partial charge >= 0.3 is 6.01 Å². The zero-order valence-corrected chi connectivity index (χ0v) is 21.9. The van der Waals surface area contributed by atoms with Crippen LogP contribution in [0.5, 0.6) is 11.8 Å². The predicted molar refractivity (Wildman–Crippen MR) is 142 cm³/mol. The van der Waals surface area contributed by atoms with E-state index < -0.39 is 17.4 Å². The molecule has 3 heterocycles. The van der Waals surface area contributed by atoms with Crippen molar-refractivity contribution < 1.29 is 23.4 Å². The Kier molecular flexibility index (Phi) is 7.11. The number of aromatic hydroxyl groups is 1. The van der Waals surface area contributed by atoms with Crippen molar-refractivity contribution in [3.63, 3.8) is 0 Å². The first kappa shape index (κ1) is 26.1. The van der Waals surface area contributed by atoms with Crippen LogP contribution >= 0.6 is 11.6 Å². The van der Waals surface area contributed by atoms with Gasteiger partial charge in [-0.3, -0.25) is 9.69 Å². The predicted octanol–water partition coefficient (Wildman–Crippen LogP) is 4.24. The van der Waals surface area contributed by atoms with Gasteiger partial charge in [-0.1, -0.05) is 24.2 Å². The van der Waals surface area contributed by atoms with Crippen molar-refractivity contribution in [2.24, 2.45) is 0 Å². The van der Waals surface area contributed by atoms with E-state index in [1.807, 2.05) is 4.90 Å². The lowest BCUT2D eigenvalue weighted by molar-refractivity contribution is -0.126. The Hall–Kier alpha value is -3.50. The van der Waals surface area contributed by atoms with E-state index in [4.69, 9.17) is 16.3 Å². The largest absolute Gasteiger partial charge is 0.507 e. The summed E-state index contributed by atoms with van der Waals surface area (Å²) in [6.07, 6.45) is 1.12. The second-order valence-electron chi connectivity index (χ2n) is 9.71. The summed E-state index contributed by atoms with van der Waals surface area (Å²) >= 11 is 6.49. The fraction of sp³-hybridized carbons (Fsp3) is 0.370. The highest BCUT2D eigenvalue weighted by Crippen LogP contribution is 2.42. The molecular formula is C27H28ClF2N5O3. The van der Waals surface area contributed by atoms with Gasteiger partial charge in [0, 0.05) is 56.3 Å². The molecular weight excluding hydrogens is 516 g/mol. The Bertz CT molecular complexity index is 1390. The van der Waals surface area contributed by atoms with E-state index in [0.717, 1.165) is 6.07 Å². The van der Waals surface area contributed by atoms with Crippen LogP contribution in [0.4, 0.5) is 14.6 Å². The molecule has 2 aliphatic rings. The number of nitrogens with zero attached hydrogens (tertiary/aromatic N) is 5. The standard InChI is InChI=1S/C27H28ClF2N5O3/c1-4-21(37)33-8-10-34(11-9-33)26-17-12-18(28)22(23-19(29)6-5-7-20(23)36)24(30)25(17)31-27(32-26)38-16-13-35(14-16)15(2)3/h4-7,12,15-16,36H,1,8-11,13-14H2,2-3H3. The van der Waals surface area contributed by atoms with Crippen LogP contribution in [0.25, 0.3) is 22.0 Å². The summed E-state index contributed by atoms with van der Waals surface area (Å²) in [5, 5.41) is 10.5. The average molecular weight is 544 g/mol. The minimum atomic E-state index is -0.890. The van der Waals surface area contributed by atoms with Gasteiger partial charge in [0.15, 0.2) is 5.82 Å². The van der Waals surface area contributed by atoms with Gasteiger partial charge in [-0.2, -0.15) is 9.97 Å². The third-order valence-electron chi connectivity index (χ3n) is 7.03. The van der Waals surface area contributed by atoms with Crippen LogP contribution in [-0.4, -0.2) is 82.2 Å². The van der Waals surface area contributed by atoms with Crippen molar-refractivity contribution in [3.8, 4) is 22.9 Å². The van der Waals surface area contributed by atoms with Crippen LogP contribution in [0.3, 0.4) is 0 Å². The molecule has 0 atom stereocenters. The number of likely N-dealkylation sites (tertiary alicyclic amines) is 1. The summed E-state index contributed by atoms with van der Waals surface area (Å²) in [7, 11) is 0. The second kappa shape index (κ2) is 10.3. The molecule has 11 heteroatoms. The van der Waals surface area contributed by atoms with Crippen LogP contribution in [0.1, 0.15) is 13.8 Å². The Morgan fingerprint density at radius 3 is 2.53 bits per heavy atom. The highest BCUT2D eigenvalue weighted by atomic mass is 35.5. The van der Waals surface area contributed by atoms with Crippen molar-refractivity contribution in [1.82, 2.24) is 19.8 Å². The van der Waals surface area contributed by atoms with E-state index >= 15 is 4.39 Å². The van der Waals surface area contributed by atoms with Crippen LogP contribution in [-0.2, 0) is 4.79 Å². The molecule has 5 rings (SSSR count). The molecule has 200 valence electrons. The van der Waals surface area contributed by atoms with E-state index in [9.17, 15) is 14.3 Å². The molecule has 1 aromatic heterocycles. The third kappa shape index (κ3) is 4.74. The van der Waals surface area contributed by atoms with Crippen molar-refractivity contribution in [2.45, 2.75) is 26.0 Å². The van der Waals surface area contributed by atoms with Crippen LogP contribution in [0.2, 0.25) is 5.02 Å². The fourth-order valence-corrected chi connectivity index (χ4v) is 5.11. The van der Waals surface area contributed by atoms with Gasteiger partial charge in [-0.05, 0) is 38.1 Å². The smallest absolute Gasteiger partial charge is 0.319 e. The van der Waals surface area contributed by atoms with E-state index in [1.54, 1.807) is 4.90 Å². The van der Waals surface area contributed by atoms with Gasteiger partial charge in [-0.25, -0.2) is 8.78 Å². The minimum Gasteiger partial charge on any atom is -0.507 e. The number of halogens is 3. The van der Waals surface area contributed by atoms with Crippen molar-refractivity contribution in [3.05, 3.63) is 53.6 Å². The first-order valence-corrected chi connectivity index (χ1v) is 12.8. The lowest BCUT2D eigenvalue weighted by atomic mass is 10.0. The zero-order valence-electron chi connectivity index (χ0n) is 21.1. The fourth-order valence-electron chi connectivity index (χ4n) is 4.83. The van der Waals surface area contributed by atoms with Gasteiger partial charge < -0.3 is 19.6 Å². The summed E-state index contributed by atoms with van der Waals surface area (Å²) in [4.78, 5) is 26.9. The number of phenolic OH excluding ortho intramolecular Hbond substituents is 1. The Morgan fingerprint density at radius 1 is 1.18 bits per heavy atom. The van der Waals surface area contributed by atoms with E-state index in [0.29, 0.717) is 56.5 Å². The minimum absolute atomic E-state index is 0.00423. The molecule has 0 aliphatic carbocycles. The number of rotatable bonds is 6. The Morgan fingerprint density at radius 2 is 1.89 bits per heavy atom. The normalized spacial score (nSPS) is 16.7. The molecule has 3 aromatic rings. The highest BCUT2D eigenvalue weighted by molar-refractivity contribution is 6.34. The molecule has 0 saturated carbocycles. The lowest BCUT2D eigenvalue weighted by Gasteiger charge is -2.41. The van der Waals surface area contributed by atoms with Gasteiger partial charge in [-0.15, -0.1) is 0 Å². The number of piperazine rings is 1. The molecule has 2 fully saturated rings. The van der Waals surface area contributed by atoms with Crippen LogP contribution in [0, 0.1) is 11.6 Å². The number of aromatic nitrogens is 2. The monoisotopic (exact) mass is 543 g/mol. The average Bonchev–Trinajstić information content (AvgIpc) is 2.87. The molecule has 0 unspecified atom stereocenters. The second-order valence-corrected chi connectivity index (χ2v) is 10.1. The van der Waals surface area contributed by atoms with Gasteiger partial charge in [0.05, 0.1) is 10.6 Å². The lowest BCUT2D eigenvalue weighted by Crippen LogP contribution is -2.56. The molecule has 2 aromatic carbocycles. The first-order chi connectivity index (χ1) is 18.2. The van der Waals surface area contributed by atoms with Crippen LogP contribution in [0.15, 0.2) is 36.9 Å². The maximum absolute atomic E-state index is 16.1. The molecule has 0 radical (unpaired) electrons. The summed E-state index contributed by atoms with van der Waals surface area (Å²) in [6, 6.07) is 5.55. The van der Waals surface area contributed by atoms with E-state index in [2.05, 4.69) is 35.3 Å². The quantitative estimate of drug-likeness (QED) is 0.466. The van der Waals surface area contributed by atoms with E-state index in [-0.39, 0.29) is 39.7 Å². The zero-order chi connectivity index (χ0) is 27.1. The number of ether oxygens (including phenoxy) is 1. The van der Waals surface area contributed by atoms with E-state index in [1.165, 1.54) is 24.3 Å². The topological polar surface area (TPSA) is 82.0 Å². The number of amides is 1. The number of anilines is 1. The third-order valence-corrected chi connectivity index (χ3v) is 7.33. The van der Waals surface area contributed by atoms with Crippen molar-refractivity contribution in [1.29, 1.82) is 0 Å². The number of hydrogen-bond acceptors (Lipinski definition) is 7. The molecule has 38 heavy (non-hydrogen) atoms. The summed E-state index contributed by atoms with van der Waals surface area (Å²) < 4.78 is 36.9.